The van der Waals surface area contributed by atoms with E-state index in [1.54, 1.807) is 0 Å². The van der Waals surface area contributed by atoms with Gasteiger partial charge in [-0.25, -0.2) is 9.37 Å². The zero-order chi connectivity index (χ0) is 14.0. The number of aromatic nitrogens is 1. The highest BCUT2D eigenvalue weighted by Crippen LogP contribution is 2.24. The smallest absolute Gasteiger partial charge is 0.270 e. The molecular weight excluding hydrogens is 341 g/mol. The summed E-state index contributed by atoms with van der Waals surface area (Å²) >= 11 is 4.31. The highest BCUT2D eigenvalue weighted by Gasteiger charge is 2.17. The van der Waals surface area contributed by atoms with Crippen LogP contribution in [-0.2, 0) is 0 Å². The van der Waals surface area contributed by atoms with E-state index in [0.717, 1.165) is 29.5 Å². The van der Waals surface area contributed by atoms with Gasteiger partial charge in [0.05, 0.1) is 20.5 Å². The van der Waals surface area contributed by atoms with Gasteiger partial charge in [-0.05, 0) is 22.0 Å². The lowest BCUT2D eigenvalue weighted by Gasteiger charge is -2.02. The second kappa shape index (κ2) is 5.41. The van der Waals surface area contributed by atoms with E-state index in [-0.39, 0.29) is 10.8 Å². The lowest BCUT2D eigenvalue weighted by atomic mass is 10.2. The number of anilines is 1. The van der Waals surface area contributed by atoms with E-state index >= 15 is 0 Å². The zero-order valence-corrected chi connectivity index (χ0v) is 11.5. The van der Waals surface area contributed by atoms with Gasteiger partial charge in [-0.3, -0.25) is 20.2 Å². The van der Waals surface area contributed by atoms with Crippen LogP contribution >= 0.6 is 27.3 Å². The third-order valence-corrected chi connectivity index (χ3v) is 3.49. The van der Waals surface area contributed by atoms with Crippen molar-refractivity contribution < 1.29 is 14.1 Å². The third-order valence-electron chi connectivity index (χ3n) is 2.10. The second-order valence-corrected chi connectivity index (χ2v) is 5.75. The summed E-state index contributed by atoms with van der Waals surface area (Å²) in [7, 11) is 0. The lowest BCUT2D eigenvalue weighted by molar-refractivity contribution is -0.384. The highest BCUT2D eigenvalue weighted by atomic mass is 79.9. The van der Waals surface area contributed by atoms with Gasteiger partial charge in [0.2, 0.25) is 0 Å². The van der Waals surface area contributed by atoms with Crippen molar-refractivity contribution >= 4 is 44.0 Å². The molecule has 1 amide bonds. The van der Waals surface area contributed by atoms with Crippen LogP contribution in [0.5, 0.6) is 0 Å². The van der Waals surface area contributed by atoms with Crippen molar-refractivity contribution in [3.63, 3.8) is 0 Å². The van der Waals surface area contributed by atoms with Gasteiger partial charge in [-0.1, -0.05) is 11.3 Å². The Morgan fingerprint density at radius 3 is 2.84 bits per heavy atom. The van der Waals surface area contributed by atoms with Crippen LogP contribution in [0.1, 0.15) is 10.4 Å². The van der Waals surface area contributed by atoms with Crippen LogP contribution in [0.4, 0.5) is 15.2 Å². The standard InChI is InChI=1S/C10H5BrFN3O3S/c11-8-4-13-10(19-8)14-9(16)6-3-5(15(17)18)1-2-7(6)12/h1-4H,(H,13,14,16). The molecule has 19 heavy (non-hydrogen) atoms. The van der Waals surface area contributed by atoms with Gasteiger partial charge < -0.3 is 0 Å². The molecule has 0 aliphatic carbocycles. The molecular formula is C10H5BrFN3O3S. The van der Waals surface area contributed by atoms with E-state index < -0.39 is 22.2 Å². The van der Waals surface area contributed by atoms with Crippen molar-refractivity contribution in [3.05, 3.63) is 49.7 Å². The Morgan fingerprint density at radius 2 is 2.26 bits per heavy atom. The molecule has 0 saturated heterocycles. The summed E-state index contributed by atoms with van der Waals surface area (Å²) in [5.41, 5.74) is -0.757. The number of hydrogen-bond donors (Lipinski definition) is 1. The molecule has 2 aromatic rings. The van der Waals surface area contributed by atoms with Crippen LogP contribution in [0.25, 0.3) is 0 Å². The molecule has 0 aliphatic rings. The monoisotopic (exact) mass is 345 g/mol. The number of nitro benzene ring substituents is 1. The minimum atomic E-state index is -0.835. The fraction of sp³-hybridized carbons (Fsp3) is 0. The highest BCUT2D eigenvalue weighted by molar-refractivity contribution is 9.11. The fourth-order valence-corrected chi connectivity index (χ4v) is 2.38. The summed E-state index contributed by atoms with van der Waals surface area (Å²) in [6.07, 6.45) is 1.48. The summed E-state index contributed by atoms with van der Waals surface area (Å²) in [5, 5.41) is 13.2. The van der Waals surface area contributed by atoms with Crippen molar-refractivity contribution in [2.45, 2.75) is 0 Å². The summed E-state index contributed by atoms with van der Waals surface area (Å²) in [5.74, 6) is -1.62. The number of amides is 1. The minimum Gasteiger partial charge on any atom is -0.298 e. The number of nitro groups is 1. The maximum atomic E-state index is 13.5. The Labute approximate surface area is 118 Å². The first-order valence-electron chi connectivity index (χ1n) is 4.84. The lowest BCUT2D eigenvalue weighted by Crippen LogP contribution is -2.13. The molecule has 2 rings (SSSR count). The SMILES string of the molecule is O=C(Nc1ncc(Br)s1)c1cc([N+](=O)[O-])ccc1F. The predicted molar refractivity (Wildman–Crippen MR) is 70.8 cm³/mol. The first-order valence-corrected chi connectivity index (χ1v) is 6.45. The van der Waals surface area contributed by atoms with Crippen molar-refractivity contribution in [2.24, 2.45) is 0 Å². The van der Waals surface area contributed by atoms with Gasteiger partial charge in [0, 0.05) is 12.1 Å². The number of rotatable bonds is 3. The molecule has 0 unspecified atom stereocenters. The number of nitrogens with one attached hydrogen (secondary N) is 1. The van der Waals surface area contributed by atoms with Crippen LogP contribution in [0, 0.1) is 15.9 Å². The molecule has 0 radical (unpaired) electrons. The quantitative estimate of drug-likeness (QED) is 0.683. The van der Waals surface area contributed by atoms with Gasteiger partial charge >= 0.3 is 0 Å². The van der Waals surface area contributed by atoms with Gasteiger partial charge in [-0.15, -0.1) is 0 Å². The average Bonchev–Trinajstić information content (AvgIpc) is 2.74. The number of benzene rings is 1. The first-order chi connectivity index (χ1) is 8.97. The molecule has 1 N–H and O–H groups in total. The molecule has 0 atom stereocenters. The van der Waals surface area contributed by atoms with E-state index in [0.29, 0.717) is 3.79 Å². The number of carbonyl (C=O) groups excluding carboxylic acids is 1. The van der Waals surface area contributed by atoms with Crippen LogP contribution in [0.3, 0.4) is 0 Å². The Morgan fingerprint density at radius 1 is 1.53 bits per heavy atom. The molecule has 1 heterocycles. The summed E-state index contributed by atoms with van der Waals surface area (Å²) in [4.78, 5) is 25.5. The molecule has 0 saturated carbocycles. The van der Waals surface area contributed by atoms with Crippen molar-refractivity contribution in [3.8, 4) is 0 Å². The average molecular weight is 346 g/mol. The predicted octanol–water partition coefficient (Wildman–Crippen LogP) is 3.21. The number of non-ortho nitro benzene ring substituents is 1. The number of carbonyl (C=O) groups is 1. The minimum absolute atomic E-state index is 0.266. The fourth-order valence-electron chi connectivity index (χ4n) is 1.28. The number of nitrogens with zero attached hydrogens (tertiary/aromatic N) is 2. The zero-order valence-electron chi connectivity index (χ0n) is 9.09. The first kappa shape index (κ1) is 13.6. The second-order valence-electron chi connectivity index (χ2n) is 3.34. The van der Waals surface area contributed by atoms with E-state index in [9.17, 15) is 19.3 Å². The molecule has 1 aromatic heterocycles. The maximum absolute atomic E-state index is 13.5. The molecule has 98 valence electrons. The van der Waals surface area contributed by atoms with E-state index in [1.807, 2.05) is 0 Å². The topological polar surface area (TPSA) is 85.1 Å². The largest absolute Gasteiger partial charge is 0.298 e. The molecule has 9 heteroatoms. The Hall–Kier alpha value is -1.87. The molecule has 0 aliphatic heterocycles. The summed E-state index contributed by atoms with van der Waals surface area (Å²) < 4.78 is 14.2. The number of hydrogen-bond acceptors (Lipinski definition) is 5. The Balaban J connectivity index is 2.27. The molecule has 0 spiro atoms. The van der Waals surface area contributed by atoms with Crippen molar-refractivity contribution in [1.82, 2.24) is 4.98 Å². The Kier molecular flexibility index (Phi) is 3.86. The van der Waals surface area contributed by atoms with Gasteiger partial charge in [0.25, 0.3) is 11.6 Å². The molecule has 0 bridgehead atoms. The van der Waals surface area contributed by atoms with Crippen LogP contribution < -0.4 is 5.32 Å². The molecule has 0 fully saturated rings. The normalized spacial score (nSPS) is 10.2. The van der Waals surface area contributed by atoms with Gasteiger partial charge in [-0.2, -0.15) is 0 Å². The van der Waals surface area contributed by atoms with Gasteiger partial charge in [0.15, 0.2) is 5.13 Å². The van der Waals surface area contributed by atoms with Crippen LogP contribution in [0.15, 0.2) is 28.2 Å². The van der Waals surface area contributed by atoms with Gasteiger partial charge in [0.1, 0.15) is 5.82 Å². The van der Waals surface area contributed by atoms with Crippen molar-refractivity contribution in [1.29, 1.82) is 0 Å². The van der Waals surface area contributed by atoms with E-state index in [1.165, 1.54) is 6.20 Å². The Bertz CT molecular complexity index is 661. The number of thiazole rings is 1. The number of halogens is 2. The molecule has 1 aromatic carbocycles. The summed E-state index contributed by atoms with van der Waals surface area (Å²) in [6, 6.07) is 2.75. The summed E-state index contributed by atoms with van der Waals surface area (Å²) in [6.45, 7) is 0. The van der Waals surface area contributed by atoms with Crippen molar-refractivity contribution in [2.75, 3.05) is 5.32 Å². The third kappa shape index (κ3) is 3.12. The van der Waals surface area contributed by atoms with E-state index in [4.69, 9.17) is 0 Å². The van der Waals surface area contributed by atoms with Crippen LogP contribution in [0.2, 0.25) is 0 Å². The van der Waals surface area contributed by atoms with Crippen LogP contribution in [-0.4, -0.2) is 15.8 Å². The molecule has 6 nitrogen and oxygen atoms in total. The van der Waals surface area contributed by atoms with E-state index in [2.05, 4.69) is 26.2 Å². The maximum Gasteiger partial charge on any atom is 0.270 e.